The quantitative estimate of drug-likeness (QED) is 0.230. The average Bonchev–Trinajstić information content (AvgIpc) is 2.94. The van der Waals surface area contributed by atoms with Crippen molar-refractivity contribution in [2.24, 2.45) is 17.3 Å². The molecular formula is C15H25IO3. The minimum Gasteiger partial charge on any atom is -0.437 e. The Kier molecular flexibility index (Phi) is 4.81. The van der Waals surface area contributed by atoms with E-state index in [0.717, 1.165) is 24.9 Å². The third-order valence-electron chi connectivity index (χ3n) is 5.08. The van der Waals surface area contributed by atoms with E-state index in [2.05, 4.69) is 29.5 Å². The van der Waals surface area contributed by atoms with Crippen LogP contribution in [0.2, 0.25) is 0 Å². The number of esters is 1. The summed E-state index contributed by atoms with van der Waals surface area (Å²) in [4.78, 5) is 11.8. The third-order valence-corrected chi connectivity index (χ3v) is 6.28. The molecule has 0 aliphatic heterocycles. The first-order valence-electron chi connectivity index (χ1n) is 7.31. The van der Waals surface area contributed by atoms with Crippen molar-refractivity contribution in [3.05, 3.63) is 0 Å². The van der Waals surface area contributed by atoms with Gasteiger partial charge >= 0.3 is 5.97 Å². The van der Waals surface area contributed by atoms with E-state index >= 15 is 0 Å². The molecule has 0 saturated heterocycles. The molecule has 0 amide bonds. The highest BCUT2D eigenvalue weighted by Gasteiger charge is 2.47. The molecule has 0 spiro atoms. The van der Waals surface area contributed by atoms with Crippen molar-refractivity contribution in [2.45, 2.75) is 56.3 Å². The second kappa shape index (κ2) is 5.88. The molecule has 2 aliphatic carbocycles. The minimum atomic E-state index is -0.433. The Balaban J connectivity index is 1.69. The molecule has 2 aliphatic rings. The molecule has 0 aromatic carbocycles. The Morgan fingerprint density at radius 1 is 1.47 bits per heavy atom. The molecule has 4 heteroatoms. The van der Waals surface area contributed by atoms with E-state index in [1.165, 1.54) is 25.7 Å². The summed E-state index contributed by atoms with van der Waals surface area (Å²) in [6.45, 7) is 7.04. The summed E-state index contributed by atoms with van der Waals surface area (Å²) in [6, 6.07) is 0. The van der Waals surface area contributed by atoms with Crippen LogP contribution in [0.4, 0.5) is 0 Å². The molecule has 2 saturated carbocycles. The maximum Gasteiger partial charge on any atom is 0.323 e. The topological polar surface area (TPSA) is 35.5 Å². The highest BCUT2D eigenvalue weighted by molar-refractivity contribution is 14.1. The highest BCUT2D eigenvalue weighted by Crippen LogP contribution is 2.55. The van der Waals surface area contributed by atoms with E-state index in [1.807, 2.05) is 13.8 Å². The maximum absolute atomic E-state index is 11.8. The lowest BCUT2D eigenvalue weighted by Gasteiger charge is -2.33. The van der Waals surface area contributed by atoms with Crippen molar-refractivity contribution < 1.29 is 14.3 Å². The second-order valence-electron chi connectivity index (χ2n) is 6.68. The standard InChI is InChI=1S/C15H25IO3/c1-4-15(3,16)13(17)19-10-18-9-14(2)8-11-5-6-12(14)7-11/h11-12H,4-10H2,1-3H3. The molecule has 0 heterocycles. The van der Waals surface area contributed by atoms with Gasteiger partial charge in [-0.15, -0.1) is 0 Å². The fourth-order valence-corrected chi connectivity index (χ4v) is 3.72. The summed E-state index contributed by atoms with van der Waals surface area (Å²) < 4.78 is 10.4. The van der Waals surface area contributed by atoms with Crippen molar-refractivity contribution in [3.63, 3.8) is 0 Å². The molecule has 0 radical (unpaired) electrons. The van der Waals surface area contributed by atoms with Gasteiger partial charge in [0.2, 0.25) is 0 Å². The predicted octanol–water partition coefficient (Wildman–Crippen LogP) is 3.93. The Bertz CT molecular complexity index is 342. The third kappa shape index (κ3) is 3.43. The smallest absolute Gasteiger partial charge is 0.323 e. The Hall–Kier alpha value is 0.160. The van der Waals surface area contributed by atoms with Gasteiger partial charge in [-0.2, -0.15) is 0 Å². The SMILES string of the molecule is CCC(C)(I)C(=O)OCOCC1(C)CC2CCC1C2. The van der Waals surface area contributed by atoms with Crippen LogP contribution in [-0.2, 0) is 14.3 Å². The molecule has 0 aromatic heterocycles. The summed E-state index contributed by atoms with van der Waals surface area (Å²) in [6.07, 6.45) is 6.19. The molecular weight excluding hydrogens is 355 g/mol. The van der Waals surface area contributed by atoms with Crippen molar-refractivity contribution in [1.82, 2.24) is 0 Å². The van der Waals surface area contributed by atoms with Crippen molar-refractivity contribution in [1.29, 1.82) is 0 Å². The normalized spacial score (nSPS) is 36.2. The van der Waals surface area contributed by atoms with Crippen LogP contribution in [0.5, 0.6) is 0 Å². The Morgan fingerprint density at radius 3 is 2.74 bits per heavy atom. The number of fused-ring (bicyclic) bond motifs is 2. The van der Waals surface area contributed by atoms with Crippen LogP contribution in [0, 0.1) is 17.3 Å². The van der Waals surface area contributed by atoms with Gasteiger partial charge in [0.05, 0.1) is 6.61 Å². The number of carbonyl (C=O) groups is 1. The zero-order valence-electron chi connectivity index (χ0n) is 12.2. The largest absolute Gasteiger partial charge is 0.437 e. The van der Waals surface area contributed by atoms with Gasteiger partial charge in [-0.1, -0.05) is 42.9 Å². The summed E-state index contributed by atoms with van der Waals surface area (Å²) in [5.74, 6) is 1.56. The van der Waals surface area contributed by atoms with Crippen LogP contribution >= 0.6 is 22.6 Å². The number of hydrogen-bond acceptors (Lipinski definition) is 3. The van der Waals surface area contributed by atoms with E-state index in [9.17, 15) is 4.79 Å². The van der Waals surface area contributed by atoms with E-state index in [0.29, 0.717) is 5.41 Å². The first kappa shape index (κ1) is 15.5. The van der Waals surface area contributed by atoms with Crippen LogP contribution in [0.3, 0.4) is 0 Å². The van der Waals surface area contributed by atoms with E-state index in [4.69, 9.17) is 9.47 Å². The molecule has 4 atom stereocenters. The maximum atomic E-state index is 11.8. The van der Waals surface area contributed by atoms with Gasteiger partial charge in [-0.05, 0) is 49.9 Å². The van der Waals surface area contributed by atoms with Crippen molar-refractivity contribution in [3.8, 4) is 0 Å². The second-order valence-corrected chi connectivity index (χ2v) is 9.06. The van der Waals surface area contributed by atoms with Crippen LogP contribution in [0.25, 0.3) is 0 Å². The molecule has 19 heavy (non-hydrogen) atoms. The van der Waals surface area contributed by atoms with E-state index in [-0.39, 0.29) is 12.8 Å². The number of alkyl halides is 1. The molecule has 3 nitrogen and oxygen atoms in total. The molecule has 2 fully saturated rings. The minimum absolute atomic E-state index is 0.102. The lowest BCUT2D eigenvalue weighted by molar-refractivity contribution is -0.161. The number of rotatable bonds is 6. The number of halogens is 1. The van der Waals surface area contributed by atoms with E-state index < -0.39 is 3.42 Å². The van der Waals surface area contributed by atoms with Crippen LogP contribution in [0.15, 0.2) is 0 Å². The molecule has 4 unspecified atom stereocenters. The van der Waals surface area contributed by atoms with E-state index in [1.54, 1.807) is 0 Å². The molecule has 2 rings (SSSR count). The van der Waals surface area contributed by atoms with Gasteiger partial charge in [-0.25, -0.2) is 0 Å². The fraction of sp³-hybridized carbons (Fsp3) is 0.933. The zero-order valence-corrected chi connectivity index (χ0v) is 14.4. The lowest BCUT2D eigenvalue weighted by Crippen LogP contribution is -2.32. The van der Waals surface area contributed by atoms with Gasteiger partial charge in [0, 0.05) is 0 Å². The molecule has 2 bridgehead atoms. The van der Waals surface area contributed by atoms with Gasteiger partial charge in [0.15, 0.2) is 6.79 Å². The monoisotopic (exact) mass is 380 g/mol. The fourth-order valence-electron chi connectivity index (χ4n) is 3.56. The summed E-state index contributed by atoms with van der Waals surface area (Å²) in [5, 5.41) is 0. The van der Waals surface area contributed by atoms with Crippen molar-refractivity contribution >= 4 is 28.6 Å². The Labute approximate surface area is 129 Å². The molecule has 0 N–H and O–H groups in total. The first-order valence-corrected chi connectivity index (χ1v) is 8.39. The van der Waals surface area contributed by atoms with Crippen LogP contribution in [0.1, 0.15) is 52.9 Å². The van der Waals surface area contributed by atoms with Gasteiger partial charge < -0.3 is 9.47 Å². The highest BCUT2D eigenvalue weighted by atomic mass is 127. The molecule has 0 aromatic rings. The van der Waals surface area contributed by atoms with Gasteiger partial charge in [-0.3, -0.25) is 4.79 Å². The predicted molar refractivity (Wildman–Crippen MR) is 83.2 cm³/mol. The molecule has 110 valence electrons. The first-order chi connectivity index (χ1) is 8.87. The zero-order chi connectivity index (χ0) is 14.1. The van der Waals surface area contributed by atoms with Gasteiger partial charge in [0.1, 0.15) is 3.42 Å². The summed E-state index contributed by atoms with van der Waals surface area (Å²) in [5.41, 5.74) is 0.313. The summed E-state index contributed by atoms with van der Waals surface area (Å²) in [7, 11) is 0. The number of ether oxygens (including phenoxy) is 2. The number of carbonyl (C=O) groups excluding carboxylic acids is 1. The number of hydrogen-bond donors (Lipinski definition) is 0. The Morgan fingerprint density at radius 2 is 2.21 bits per heavy atom. The lowest BCUT2D eigenvalue weighted by atomic mass is 9.75. The summed E-state index contributed by atoms with van der Waals surface area (Å²) >= 11 is 2.14. The van der Waals surface area contributed by atoms with Crippen molar-refractivity contribution in [2.75, 3.05) is 13.4 Å². The van der Waals surface area contributed by atoms with Crippen LogP contribution in [-0.4, -0.2) is 22.8 Å². The average molecular weight is 380 g/mol. The van der Waals surface area contributed by atoms with Crippen LogP contribution < -0.4 is 0 Å². The van der Waals surface area contributed by atoms with Gasteiger partial charge in [0.25, 0.3) is 0 Å².